The molecule has 3 N–H and O–H groups in total. The van der Waals surface area contributed by atoms with Crippen LogP contribution in [0.3, 0.4) is 0 Å². The summed E-state index contributed by atoms with van der Waals surface area (Å²) in [4.78, 5) is 18.4. The van der Waals surface area contributed by atoms with Crippen molar-refractivity contribution in [2.24, 2.45) is 11.1 Å². The van der Waals surface area contributed by atoms with E-state index >= 15 is 0 Å². The van der Waals surface area contributed by atoms with Gasteiger partial charge >= 0.3 is 0 Å². The first kappa shape index (κ1) is 15.2. The maximum Gasteiger partial charge on any atom is 0.231 e. The summed E-state index contributed by atoms with van der Waals surface area (Å²) < 4.78 is 0. The number of hydrogen-bond donors (Lipinski definition) is 3. The van der Waals surface area contributed by atoms with Gasteiger partial charge in [0.15, 0.2) is 5.71 Å². The predicted molar refractivity (Wildman–Crippen MR) is 87.3 cm³/mol. The Labute approximate surface area is 137 Å². The van der Waals surface area contributed by atoms with E-state index in [9.17, 15) is 4.79 Å². The van der Waals surface area contributed by atoms with Crippen molar-refractivity contribution in [1.29, 1.82) is 5.41 Å². The van der Waals surface area contributed by atoms with Crippen LogP contribution in [0.15, 0.2) is 47.4 Å². The molecule has 8 heteroatoms. The molecule has 0 unspecified atom stereocenters. The van der Waals surface area contributed by atoms with Crippen molar-refractivity contribution < 1.29 is 10.0 Å². The van der Waals surface area contributed by atoms with Gasteiger partial charge in [0, 0.05) is 19.3 Å². The number of carbonyl (C=O) groups is 1. The van der Waals surface area contributed by atoms with E-state index in [4.69, 9.17) is 22.2 Å². The number of rotatable bonds is 3. The van der Waals surface area contributed by atoms with Gasteiger partial charge in [-0.15, -0.1) is 0 Å². The smallest absolute Gasteiger partial charge is 0.231 e. The molecule has 2 heterocycles. The fraction of sp³-hybridized carbons (Fsp3) is 0.200. The molecular formula is C15H14ClN5O2. The Morgan fingerprint density at radius 1 is 1.52 bits per heavy atom. The van der Waals surface area contributed by atoms with Crippen LogP contribution in [0.5, 0.6) is 0 Å². The van der Waals surface area contributed by atoms with Crippen LogP contribution in [-0.4, -0.2) is 40.6 Å². The van der Waals surface area contributed by atoms with Gasteiger partial charge in [-0.2, -0.15) is 0 Å². The first-order valence-electron chi connectivity index (χ1n) is 6.96. The van der Waals surface area contributed by atoms with Crippen LogP contribution in [-0.2, 0) is 4.79 Å². The molecule has 0 spiro atoms. The Bertz CT molecular complexity index is 750. The number of aromatic nitrogens is 1. The standard InChI is InChI=1S/C15H14ClN5O2/c16-10-3-2-6-18-14(10)21-7-9(8-21)15(22)19-12-5-1-4-11(17)13(12)20-23/h1-6,9,17,23H,7-8H2,(H,19,22)/b17-11?,20-13+. The molecule has 1 aromatic heterocycles. The molecule has 1 aromatic rings. The lowest BCUT2D eigenvalue weighted by Gasteiger charge is -2.39. The molecule has 0 saturated carbocycles. The quantitative estimate of drug-likeness (QED) is 0.444. The normalized spacial score (nSPS) is 19.5. The maximum absolute atomic E-state index is 12.3. The summed E-state index contributed by atoms with van der Waals surface area (Å²) in [5.74, 6) is 0.259. The van der Waals surface area contributed by atoms with Crippen LogP contribution in [0.25, 0.3) is 0 Å². The number of pyridine rings is 1. The van der Waals surface area contributed by atoms with Gasteiger partial charge in [-0.1, -0.05) is 22.8 Å². The first-order chi connectivity index (χ1) is 11.1. The number of nitrogens with zero attached hydrogens (tertiary/aromatic N) is 3. The van der Waals surface area contributed by atoms with Gasteiger partial charge in [0.1, 0.15) is 5.82 Å². The van der Waals surface area contributed by atoms with Crippen LogP contribution in [0.1, 0.15) is 0 Å². The van der Waals surface area contributed by atoms with E-state index in [2.05, 4.69) is 15.5 Å². The Hall–Kier alpha value is -2.67. The number of carbonyl (C=O) groups excluding carboxylic acids is 1. The molecule has 0 atom stereocenters. The summed E-state index contributed by atoms with van der Waals surface area (Å²) >= 11 is 6.08. The summed E-state index contributed by atoms with van der Waals surface area (Å²) in [6, 6.07) is 3.51. The van der Waals surface area contributed by atoms with Gasteiger partial charge in [0.2, 0.25) is 5.91 Å². The Balaban J connectivity index is 1.61. The van der Waals surface area contributed by atoms with Crippen LogP contribution < -0.4 is 10.2 Å². The number of hydrogen-bond acceptors (Lipinski definition) is 6. The van der Waals surface area contributed by atoms with E-state index in [1.54, 1.807) is 30.5 Å². The summed E-state index contributed by atoms with van der Waals surface area (Å²) in [5, 5.41) is 22.9. The van der Waals surface area contributed by atoms with Crippen LogP contribution in [0.4, 0.5) is 5.82 Å². The monoisotopic (exact) mass is 331 g/mol. The molecule has 0 aromatic carbocycles. The predicted octanol–water partition coefficient (Wildman–Crippen LogP) is 1.59. The largest absolute Gasteiger partial charge is 0.410 e. The molecule has 2 aliphatic rings. The lowest BCUT2D eigenvalue weighted by atomic mass is 9.98. The molecule has 118 valence electrons. The van der Waals surface area contributed by atoms with Gasteiger partial charge in [-0.05, 0) is 24.3 Å². The number of amides is 1. The van der Waals surface area contributed by atoms with Gasteiger partial charge in [0.25, 0.3) is 0 Å². The van der Waals surface area contributed by atoms with Gasteiger partial charge < -0.3 is 15.4 Å². The van der Waals surface area contributed by atoms with E-state index in [1.165, 1.54) is 6.08 Å². The third kappa shape index (κ3) is 2.95. The minimum absolute atomic E-state index is 0.0424. The maximum atomic E-state index is 12.3. The molecular weight excluding hydrogens is 318 g/mol. The van der Waals surface area contributed by atoms with E-state index in [-0.39, 0.29) is 23.2 Å². The zero-order valence-electron chi connectivity index (χ0n) is 12.0. The van der Waals surface area contributed by atoms with Crippen LogP contribution >= 0.6 is 11.6 Å². The van der Waals surface area contributed by atoms with Gasteiger partial charge in [-0.3, -0.25) is 10.2 Å². The topological polar surface area (TPSA) is 102 Å². The molecule has 23 heavy (non-hydrogen) atoms. The molecule has 0 radical (unpaired) electrons. The third-order valence-electron chi connectivity index (χ3n) is 3.68. The Kier molecular flexibility index (Phi) is 4.12. The van der Waals surface area contributed by atoms with E-state index < -0.39 is 0 Å². The molecule has 1 fully saturated rings. The second kappa shape index (κ2) is 6.21. The lowest BCUT2D eigenvalue weighted by molar-refractivity contribution is -0.124. The lowest BCUT2D eigenvalue weighted by Crippen LogP contribution is -2.54. The fourth-order valence-electron chi connectivity index (χ4n) is 2.41. The van der Waals surface area contributed by atoms with Crippen molar-refractivity contribution >= 4 is 34.7 Å². The average Bonchev–Trinajstić information content (AvgIpc) is 2.48. The third-order valence-corrected chi connectivity index (χ3v) is 3.98. The molecule has 1 amide bonds. The summed E-state index contributed by atoms with van der Waals surface area (Å²) in [7, 11) is 0. The van der Waals surface area contributed by atoms with Crippen molar-refractivity contribution in [3.63, 3.8) is 0 Å². The summed E-state index contributed by atoms with van der Waals surface area (Å²) in [6.07, 6.45) is 6.35. The SMILES string of the molecule is N=C1C=CC=C(NC(=O)C2CN(c3ncccc3Cl)C2)/C1=N/O. The number of nitrogens with one attached hydrogen (secondary N) is 2. The van der Waals surface area contributed by atoms with Crippen molar-refractivity contribution in [3.05, 3.63) is 47.3 Å². The summed E-state index contributed by atoms with van der Waals surface area (Å²) in [6.45, 7) is 1.02. The van der Waals surface area contributed by atoms with E-state index in [0.29, 0.717) is 29.6 Å². The first-order valence-corrected chi connectivity index (χ1v) is 7.34. The van der Waals surface area contributed by atoms with Crippen molar-refractivity contribution in [1.82, 2.24) is 10.3 Å². The Morgan fingerprint density at radius 3 is 3.00 bits per heavy atom. The molecule has 3 rings (SSSR count). The van der Waals surface area contributed by atoms with Gasteiger partial charge in [0.05, 0.1) is 22.3 Å². The second-order valence-corrected chi connectivity index (χ2v) is 5.61. The van der Waals surface area contributed by atoms with Crippen LogP contribution in [0.2, 0.25) is 5.02 Å². The highest BCUT2D eigenvalue weighted by Gasteiger charge is 2.35. The van der Waals surface area contributed by atoms with Crippen molar-refractivity contribution in [2.75, 3.05) is 18.0 Å². The van der Waals surface area contributed by atoms with Gasteiger partial charge in [-0.25, -0.2) is 4.98 Å². The number of allylic oxidation sites excluding steroid dienone is 4. The molecule has 0 bridgehead atoms. The fourth-order valence-corrected chi connectivity index (χ4v) is 2.66. The summed E-state index contributed by atoms with van der Waals surface area (Å²) in [5.41, 5.74) is 0.407. The average molecular weight is 332 g/mol. The molecule has 1 aliphatic heterocycles. The minimum atomic E-state index is -0.214. The zero-order valence-corrected chi connectivity index (χ0v) is 12.8. The zero-order chi connectivity index (χ0) is 16.4. The van der Waals surface area contributed by atoms with Crippen molar-refractivity contribution in [2.45, 2.75) is 0 Å². The number of oxime groups is 1. The van der Waals surface area contributed by atoms with E-state index in [0.717, 1.165) is 0 Å². The molecule has 1 aliphatic carbocycles. The highest BCUT2D eigenvalue weighted by molar-refractivity contribution is 6.51. The van der Waals surface area contributed by atoms with Crippen molar-refractivity contribution in [3.8, 4) is 0 Å². The van der Waals surface area contributed by atoms with E-state index in [1.807, 2.05) is 4.90 Å². The Morgan fingerprint density at radius 2 is 2.30 bits per heavy atom. The minimum Gasteiger partial charge on any atom is -0.410 e. The molecule has 1 saturated heterocycles. The van der Waals surface area contributed by atoms with Crippen LogP contribution in [0, 0.1) is 11.3 Å². The molecule has 7 nitrogen and oxygen atoms in total. The number of halogens is 1. The highest BCUT2D eigenvalue weighted by Crippen LogP contribution is 2.29. The second-order valence-electron chi connectivity index (χ2n) is 5.20. The highest BCUT2D eigenvalue weighted by atomic mass is 35.5. The number of anilines is 1.